The third-order valence-electron chi connectivity index (χ3n) is 3.14. The molecular weight excluding hydrogens is 336 g/mol. The highest BCUT2D eigenvalue weighted by Crippen LogP contribution is 2.33. The van der Waals surface area contributed by atoms with Gasteiger partial charge in [0.25, 0.3) is 17.1 Å². The fraction of sp³-hybridized carbons (Fsp3) is 0.0714. The van der Waals surface area contributed by atoms with Gasteiger partial charge in [0, 0.05) is 6.21 Å². The van der Waals surface area contributed by atoms with Gasteiger partial charge >= 0.3 is 0 Å². The van der Waals surface area contributed by atoms with Crippen LogP contribution in [0.4, 0.5) is 22.7 Å². The third-order valence-corrected chi connectivity index (χ3v) is 3.14. The van der Waals surface area contributed by atoms with Gasteiger partial charge in [-0.05, 0) is 12.1 Å². The van der Waals surface area contributed by atoms with Gasteiger partial charge in [-0.15, -0.1) is 0 Å². The minimum Gasteiger partial charge on any atom is -0.494 e. The molecule has 0 heterocycles. The standard InChI is InChI=1S/C14H10N4O7/c1-25-14-5-3-2-4-11(14)15-8-10-12(17(21)22)6-9(16(19)20)7-13(10)18(23)24/h2-8H,1H3. The summed E-state index contributed by atoms with van der Waals surface area (Å²) in [6.07, 6.45) is 0.915. The normalized spacial score (nSPS) is 10.6. The molecule has 0 bridgehead atoms. The van der Waals surface area contributed by atoms with E-state index in [1.165, 1.54) is 7.11 Å². The number of hydrogen-bond donors (Lipinski definition) is 0. The summed E-state index contributed by atoms with van der Waals surface area (Å²) < 4.78 is 5.07. The van der Waals surface area contributed by atoms with Crippen molar-refractivity contribution in [2.75, 3.05) is 7.11 Å². The van der Waals surface area contributed by atoms with Crippen LogP contribution in [0.25, 0.3) is 0 Å². The molecule has 0 amide bonds. The summed E-state index contributed by atoms with van der Waals surface area (Å²) in [7, 11) is 1.39. The smallest absolute Gasteiger partial charge is 0.291 e. The zero-order valence-electron chi connectivity index (χ0n) is 12.7. The van der Waals surface area contributed by atoms with E-state index in [1.54, 1.807) is 24.3 Å². The van der Waals surface area contributed by atoms with Gasteiger partial charge in [-0.25, -0.2) is 0 Å². The lowest BCUT2D eigenvalue weighted by Crippen LogP contribution is -2.02. The summed E-state index contributed by atoms with van der Waals surface area (Å²) in [6.45, 7) is 0. The third kappa shape index (κ3) is 3.72. The van der Waals surface area contributed by atoms with E-state index in [1.807, 2.05) is 0 Å². The molecule has 0 aliphatic carbocycles. The van der Waals surface area contributed by atoms with Crippen LogP contribution in [0.3, 0.4) is 0 Å². The van der Waals surface area contributed by atoms with Crippen LogP contribution in [-0.4, -0.2) is 28.1 Å². The monoisotopic (exact) mass is 346 g/mol. The molecule has 11 heteroatoms. The van der Waals surface area contributed by atoms with E-state index in [4.69, 9.17) is 4.74 Å². The van der Waals surface area contributed by atoms with Crippen LogP contribution in [0.2, 0.25) is 0 Å². The van der Waals surface area contributed by atoms with Crippen molar-refractivity contribution in [3.8, 4) is 5.75 Å². The van der Waals surface area contributed by atoms with Crippen molar-refractivity contribution in [3.05, 3.63) is 72.3 Å². The lowest BCUT2D eigenvalue weighted by molar-refractivity contribution is -0.403. The van der Waals surface area contributed by atoms with E-state index < -0.39 is 37.4 Å². The number of nitrogens with zero attached hydrogens (tertiary/aromatic N) is 4. The van der Waals surface area contributed by atoms with Gasteiger partial charge in [0.05, 0.1) is 34.0 Å². The number of ether oxygens (including phenoxy) is 1. The Labute approximate surface area is 139 Å². The summed E-state index contributed by atoms with van der Waals surface area (Å²) in [4.78, 5) is 34.3. The fourth-order valence-corrected chi connectivity index (χ4v) is 2.02. The van der Waals surface area contributed by atoms with Crippen molar-refractivity contribution in [3.63, 3.8) is 0 Å². The second kappa shape index (κ2) is 7.12. The molecule has 0 spiro atoms. The van der Waals surface area contributed by atoms with Crippen LogP contribution in [-0.2, 0) is 0 Å². The Morgan fingerprint density at radius 1 is 0.960 bits per heavy atom. The quantitative estimate of drug-likeness (QED) is 0.442. The summed E-state index contributed by atoms with van der Waals surface area (Å²) >= 11 is 0. The highest BCUT2D eigenvalue weighted by Gasteiger charge is 2.29. The molecule has 0 fully saturated rings. The number of aliphatic imine (C=N–C) groups is 1. The second-order valence-electron chi connectivity index (χ2n) is 4.60. The molecule has 2 rings (SSSR count). The molecule has 0 aliphatic heterocycles. The second-order valence-corrected chi connectivity index (χ2v) is 4.60. The Hall–Kier alpha value is -3.89. The van der Waals surface area contributed by atoms with Gasteiger partial charge < -0.3 is 4.74 Å². The predicted octanol–water partition coefficient (Wildman–Crippen LogP) is 3.17. The molecule has 0 aromatic heterocycles. The SMILES string of the molecule is COc1ccccc1N=Cc1c([N+](=O)[O-])cc([N+](=O)[O-])cc1[N+](=O)[O-]. The van der Waals surface area contributed by atoms with Gasteiger partial charge in [0.15, 0.2) is 0 Å². The first-order valence-electron chi connectivity index (χ1n) is 6.63. The van der Waals surface area contributed by atoms with Crippen molar-refractivity contribution in [1.82, 2.24) is 0 Å². The molecule has 0 unspecified atom stereocenters. The molecule has 11 nitrogen and oxygen atoms in total. The Balaban J connectivity index is 2.66. The molecule has 0 N–H and O–H groups in total. The minimum atomic E-state index is -0.943. The minimum absolute atomic E-state index is 0.284. The molecule has 0 saturated carbocycles. The Bertz CT molecular complexity index is 859. The Morgan fingerprint density at radius 3 is 2.00 bits per heavy atom. The molecule has 0 atom stereocenters. The van der Waals surface area contributed by atoms with Crippen LogP contribution in [0.15, 0.2) is 41.4 Å². The van der Waals surface area contributed by atoms with Crippen LogP contribution < -0.4 is 4.74 Å². The lowest BCUT2D eigenvalue weighted by Gasteiger charge is -2.03. The predicted molar refractivity (Wildman–Crippen MR) is 86.7 cm³/mol. The Kier molecular flexibility index (Phi) is 4.98. The van der Waals surface area contributed by atoms with Gasteiger partial charge in [-0.2, -0.15) is 0 Å². The zero-order valence-corrected chi connectivity index (χ0v) is 12.7. The molecule has 2 aromatic rings. The maximum atomic E-state index is 11.2. The average molecular weight is 346 g/mol. The number of methoxy groups -OCH3 is 1. The van der Waals surface area contributed by atoms with Crippen LogP contribution in [0.1, 0.15) is 5.56 Å². The van der Waals surface area contributed by atoms with E-state index in [9.17, 15) is 30.3 Å². The first-order valence-corrected chi connectivity index (χ1v) is 6.63. The molecule has 0 saturated heterocycles. The van der Waals surface area contributed by atoms with Gasteiger partial charge in [0.2, 0.25) is 0 Å². The van der Waals surface area contributed by atoms with E-state index in [-0.39, 0.29) is 5.69 Å². The number of hydrogen-bond acceptors (Lipinski definition) is 8. The van der Waals surface area contributed by atoms with Crippen molar-refractivity contribution < 1.29 is 19.5 Å². The lowest BCUT2D eigenvalue weighted by atomic mass is 10.1. The fourth-order valence-electron chi connectivity index (χ4n) is 2.02. The summed E-state index contributed by atoms with van der Waals surface area (Å²) in [6, 6.07) is 7.74. The molecule has 0 aliphatic rings. The van der Waals surface area contributed by atoms with Gasteiger partial charge in [-0.1, -0.05) is 12.1 Å². The van der Waals surface area contributed by atoms with Crippen molar-refractivity contribution >= 4 is 29.0 Å². The van der Waals surface area contributed by atoms with Crippen LogP contribution in [0, 0.1) is 30.3 Å². The summed E-state index contributed by atoms with van der Waals surface area (Å²) in [5.74, 6) is 0.353. The van der Waals surface area contributed by atoms with E-state index in [0.29, 0.717) is 17.9 Å². The van der Waals surface area contributed by atoms with Crippen molar-refractivity contribution in [2.45, 2.75) is 0 Å². The Morgan fingerprint density at radius 2 is 1.52 bits per heavy atom. The number of non-ortho nitro benzene ring substituents is 1. The number of benzene rings is 2. The topological polar surface area (TPSA) is 151 Å². The zero-order chi connectivity index (χ0) is 18.6. The number of para-hydroxylation sites is 2. The maximum absolute atomic E-state index is 11.2. The molecule has 0 radical (unpaired) electrons. The highest BCUT2D eigenvalue weighted by molar-refractivity contribution is 5.93. The first-order chi connectivity index (χ1) is 11.8. The summed E-state index contributed by atoms with van der Waals surface area (Å²) in [5.41, 5.74) is -2.51. The molecular formula is C14H10N4O7. The van der Waals surface area contributed by atoms with Crippen molar-refractivity contribution in [2.24, 2.45) is 4.99 Å². The van der Waals surface area contributed by atoms with Crippen LogP contribution >= 0.6 is 0 Å². The summed E-state index contributed by atoms with van der Waals surface area (Å²) in [5, 5.41) is 33.2. The number of nitro groups is 3. The highest BCUT2D eigenvalue weighted by atomic mass is 16.6. The van der Waals surface area contributed by atoms with Gasteiger partial charge in [-0.3, -0.25) is 35.3 Å². The van der Waals surface area contributed by atoms with Gasteiger partial charge in [0.1, 0.15) is 17.0 Å². The molecule has 128 valence electrons. The van der Waals surface area contributed by atoms with Crippen LogP contribution in [0.5, 0.6) is 5.75 Å². The first kappa shape index (κ1) is 17.5. The van der Waals surface area contributed by atoms with Crippen molar-refractivity contribution in [1.29, 1.82) is 0 Å². The maximum Gasteiger partial charge on any atom is 0.291 e. The molecule has 2 aromatic carbocycles. The number of rotatable bonds is 6. The van der Waals surface area contributed by atoms with E-state index in [0.717, 1.165) is 6.21 Å². The average Bonchev–Trinajstić information content (AvgIpc) is 2.58. The van der Waals surface area contributed by atoms with E-state index in [2.05, 4.69) is 4.99 Å². The van der Waals surface area contributed by atoms with E-state index >= 15 is 0 Å². The molecule has 25 heavy (non-hydrogen) atoms. The number of nitro benzene ring substituents is 3. The largest absolute Gasteiger partial charge is 0.494 e.